The number of carboxylic acid groups (broad SMARTS) is 1. The lowest BCUT2D eigenvalue weighted by Crippen LogP contribution is -2.39. The van der Waals surface area contributed by atoms with Crippen molar-refractivity contribution >= 4 is 6.09 Å². The molecule has 0 bridgehead atoms. The predicted octanol–water partition coefficient (Wildman–Crippen LogP) is 2.32. The summed E-state index contributed by atoms with van der Waals surface area (Å²) in [5.41, 5.74) is 0.975. The molecular weight excluding hydrogens is 209 g/mol. The number of alkyl halides is 1. The van der Waals surface area contributed by atoms with E-state index in [2.05, 4.69) is 0 Å². The van der Waals surface area contributed by atoms with Crippen molar-refractivity contribution in [3.63, 3.8) is 0 Å². The Morgan fingerprint density at radius 1 is 1.44 bits per heavy atom. The first-order valence-electron chi connectivity index (χ1n) is 5.36. The average Bonchev–Trinajstić information content (AvgIpc) is 2.62. The van der Waals surface area contributed by atoms with Crippen LogP contribution in [0.15, 0.2) is 30.3 Å². The molecule has 1 fully saturated rings. The van der Waals surface area contributed by atoms with Crippen molar-refractivity contribution in [3.05, 3.63) is 35.9 Å². The number of rotatable bonds is 2. The van der Waals surface area contributed by atoms with Crippen molar-refractivity contribution in [2.75, 3.05) is 6.54 Å². The van der Waals surface area contributed by atoms with Crippen LogP contribution in [0, 0.1) is 0 Å². The highest BCUT2D eigenvalue weighted by Crippen LogP contribution is 2.24. The van der Waals surface area contributed by atoms with Gasteiger partial charge < -0.3 is 10.0 Å². The molecule has 0 aromatic heterocycles. The van der Waals surface area contributed by atoms with Crippen LogP contribution >= 0.6 is 0 Å². The summed E-state index contributed by atoms with van der Waals surface area (Å²) >= 11 is 0. The lowest BCUT2D eigenvalue weighted by Gasteiger charge is -2.22. The number of likely N-dealkylation sites (tertiary alicyclic amines) is 1. The van der Waals surface area contributed by atoms with Crippen molar-refractivity contribution in [2.45, 2.75) is 25.1 Å². The molecule has 16 heavy (non-hydrogen) atoms. The Kier molecular flexibility index (Phi) is 3.08. The summed E-state index contributed by atoms with van der Waals surface area (Å²) in [5, 5.41) is 8.94. The largest absolute Gasteiger partial charge is 0.465 e. The van der Waals surface area contributed by atoms with Gasteiger partial charge in [-0.25, -0.2) is 9.18 Å². The van der Waals surface area contributed by atoms with Crippen molar-refractivity contribution in [2.24, 2.45) is 0 Å². The molecule has 2 rings (SSSR count). The van der Waals surface area contributed by atoms with Crippen molar-refractivity contribution in [1.82, 2.24) is 4.90 Å². The summed E-state index contributed by atoms with van der Waals surface area (Å²) < 4.78 is 13.6. The highest BCUT2D eigenvalue weighted by molar-refractivity contribution is 5.66. The maximum absolute atomic E-state index is 13.6. The van der Waals surface area contributed by atoms with E-state index in [0.29, 0.717) is 19.4 Å². The number of hydrogen-bond acceptors (Lipinski definition) is 1. The quantitative estimate of drug-likeness (QED) is 0.835. The molecule has 1 aromatic rings. The van der Waals surface area contributed by atoms with E-state index in [1.807, 2.05) is 30.3 Å². The highest BCUT2D eigenvalue weighted by atomic mass is 19.1. The van der Waals surface area contributed by atoms with E-state index in [1.165, 1.54) is 4.90 Å². The molecule has 1 aliphatic rings. The molecule has 0 aliphatic carbocycles. The number of nitrogens with zero attached hydrogens (tertiary/aromatic N) is 1. The summed E-state index contributed by atoms with van der Waals surface area (Å²) in [6.07, 6.45) is -1.31. The Morgan fingerprint density at radius 2 is 2.12 bits per heavy atom. The Morgan fingerprint density at radius 3 is 2.75 bits per heavy atom. The minimum atomic E-state index is -1.05. The molecule has 1 amide bonds. The van der Waals surface area contributed by atoms with Gasteiger partial charge in [-0.3, -0.25) is 0 Å². The first-order chi connectivity index (χ1) is 7.68. The molecule has 1 heterocycles. The second kappa shape index (κ2) is 4.51. The zero-order valence-electron chi connectivity index (χ0n) is 8.84. The fourth-order valence-electron chi connectivity index (χ4n) is 2.15. The third-order valence-corrected chi connectivity index (χ3v) is 3.00. The van der Waals surface area contributed by atoms with Gasteiger partial charge in [0.1, 0.15) is 6.17 Å². The summed E-state index contributed by atoms with van der Waals surface area (Å²) in [5.74, 6) is 0. The molecule has 2 atom stereocenters. The summed E-state index contributed by atoms with van der Waals surface area (Å²) in [7, 11) is 0. The molecule has 1 N–H and O–H groups in total. The molecular formula is C12H14FNO2. The number of halogens is 1. The second-order valence-electron chi connectivity index (χ2n) is 4.04. The van der Waals surface area contributed by atoms with E-state index < -0.39 is 18.3 Å². The topological polar surface area (TPSA) is 40.5 Å². The van der Waals surface area contributed by atoms with Crippen LogP contribution in [0.4, 0.5) is 9.18 Å². The maximum Gasteiger partial charge on any atom is 0.407 e. The van der Waals surface area contributed by atoms with Gasteiger partial charge in [0.05, 0.1) is 6.04 Å². The minimum absolute atomic E-state index is 0.300. The molecule has 0 radical (unpaired) electrons. The minimum Gasteiger partial charge on any atom is -0.465 e. The van der Waals surface area contributed by atoms with Gasteiger partial charge in [-0.1, -0.05) is 30.3 Å². The third-order valence-electron chi connectivity index (χ3n) is 3.00. The normalized spacial score (nSPS) is 24.7. The van der Waals surface area contributed by atoms with Crippen LogP contribution in [-0.4, -0.2) is 34.9 Å². The van der Waals surface area contributed by atoms with Gasteiger partial charge in [0.2, 0.25) is 0 Å². The zero-order chi connectivity index (χ0) is 11.5. The van der Waals surface area contributed by atoms with Gasteiger partial charge in [0.25, 0.3) is 0 Å². The third kappa shape index (κ3) is 2.15. The number of hydrogen-bond donors (Lipinski definition) is 1. The first kappa shape index (κ1) is 10.9. The summed E-state index contributed by atoms with van der Waals surface area (Å²) in [6.45, 7) is 0.300. The standard InChI is InChI=1S/C12H14FNO2/c13-10-6-7-14(12(15)16)11(10)8-9-4-2-1-3-5-9/h1-5,10-11H,6-8H2,(H,15,16)/t10-,11?/m0/s1. The van der Waals surface area contributed by atoms with Gasteiger partial charge >= 0.3 is 6.09 Å². The monoisotopic (exact) mass is 223 g/mol. The molecule has 4 heteroatoms. The van der Waals surface area contributed by atoms with Crippen LogP contribution in [0.2, 0.25) is 0 Å². The molecule has 86 valence electrons. The first-order valence-corrected chi connectivity index (χ1v) is 5.36. The van der Waals surface area contributed by atoms with Gasteiger partial charge in [0.15, 0.2) is 0 Å². The molecule has 1 unspecified atom stereocenters. The van der Waals surface area contributed by atoms with Crippen molar-refractivity contribution < 1.29 is 14.3 Å². The highest BCUT2D eigenvalue weighted by Gasteiger charge is 2.37. The fourth-order valence-corrected chi connectivity index (χ4v) is 2.15. The van der Waals surface area contributed by atoms with Crippen molar-refractivity contribution in [1.29, 1.82) is 0 Å². The SMILES string of the molecule is O=C(O)N1CC[C@H](F)C1Cc1ccccc1. The molecule has 3 nitrogen and oxygen atoms in total. The zero-order valence-corrected chi connectivity index (χ0v) is 8.84. The lowest BCUT2D eigenvalue weighted by molar-refractivity contribution is 0.128. The Bertz CT molecular complexity index is 369. The van der Waals surface area contributed by atoms with Crippen LogP contribution in [0.3, 0.4) is 0 Å². The number of benzene rings is 1. The van der Waals surface area contributed by atoms with Gasteiger partial charge in [0, 0.05) is 6.54 Å². The Balaban J connectivity index is 2.10. The van der Waals surface area contributed by atoms with E-state index in [0.717, 1.165) is 5.56 Å². The lowest BCUT2D eigenvalue weighted by atomic mass is 10.0. The molecule has 0 saturated carbocycles. The molecule has 0 spiro atoms. The molecule has 1 aliphatic heterocycles. The van der Waals surface area contributed by atoms with Crippen LogP contribution < -0.4 is 0 Å². The number of carbonyl (C=O) groups is 1. The van der Waals surface area contributed by atoms with Crippen LogP contribution in [0.1, 0.15) is 12.0 Å². The second-order valence-corrected chi connectivity index (χ2v) is 4.04. The van der Waals surface area contributed by atoms with E-state index in [4.69, 9.17) is 5.11 Å². The summed E-state index contributed by atoms with van der Waals surface area (Å²) in [4.78, 5) is 12.1. The van der Waals surface area contributed by atoms with Gasteiger partial charge in [-0.2, -0.15) is 0 Å². The predicted molar refractivity (Wildman–Crippen MR) is 58.2 cm³/mol. The average molecular weight is 223 g/mol. The van der Waals surface area contributed by atoms with Crippen LogP contribution in [0.25, 0.3) is 0 Å². The van der Waals surface area contributed by atoms with E-state index >= 15 is 0 Å². The van der Waals surface area contributed by atoms with E-state index in [-0.39, 0.29) is 0 Å². The maximum atomic E-state index is 13.6. The van der Waals surface area contributed by atoms with Gasteiger partial charge in [-0.05, 0) is 18.4 Å². The molecule has 1 aromatic carbocycles. The van der Waals surface area contributed by atoms with Crippen molar-refractivity contribution in [3.8, 4) is 0 Å². The summed E-state index contributed by atoms with van der Waals surface area (Å²) in [6, 6.07) is 8.90. The molecule has 1 saturated heterocycles. The van der Waals surface area contributed by atoms with Crippen LogP contribution in [-0.2, 0) is 6.42 Å². The van der Waals surface area contributed by atoms with E-state index in [9.17, 15) is 9.18 Å². The smallest absolute Gasteiger partial charge is 0.407 e. The fraction of sp³-hybridized carbons (Fsp3) is 0.417. The Labute approximate surface area is 93.5 Å². The van der Waals surface area contributed by atoms with Gasteiger partial charge in [-0.15, -0.1) is 0 Å². The Hall–Kier alpha value is -1.58. The number of amides is 1. The van der Waals surface area contributed by atoms with E-state index in [1.54, 1.807) is 0 Å². The van der Waals surface area contributed by atoms with Crippen LogP contribution in [0.5, 0.6) is 0 Å².